The van der Waals surface area contributed by atoms with Crippen LogP contribution < -0.4 is 15.4 Å². The Morgan fingerprint density at radius 2 is 1.96 bits per heavy atom. The van der Waals surface area contributed by atoms with Crippen LogP contribution in [0.4, 0.5) is 5.69 Å². The fourth-order valence-electron chi connectivity index (χ4n) is 3.36. The molecule has 5 heteroatoms. The van der Waals surface area contributed by atoms with Crippen molar-refractivity contribution in [2.24, 2.45) is 5.92 Å². The van der Waals surface area contributed by atoms with Gasteiger partial charge >= 0.3 is 0 Å². The number of nitrogens with one attached hydrogen (secondary N) is 2. The van der Waals surface area contributed by atoms with Crippen molar-refractivity contribution >= 4 is 17.5 Å². The molecule has 2 N–H and O–H groups in total. The van der Waals surface area contributed by atoms with Gasteiger partial charge in [0, 0.05) is 12.1 Å². The maximum Gasteiger partial charge on any atom is 0.227 e. The predicted octanol–water partition coefficient (Wildman–Crippen LogP) is 4.24. The van der Waals surface area contributed by atoms with Crippen molar-refractivity contribution in [3.8, 4) is 5.75 Å². The maximum atomic E-state index is 12.7. The molecule has 1 aliphatic rings. The van der Waals surface area contributed by atoms with E-state index >= 15 is 0 Å². The summed E-state index contributed by atoms with van der Waals surface area (Å²) in [6, 6.07) is 15.5. The topological polar surface area (TPSA) is 67.4 Å². The molecule has 148 valence electrons. The second kappa shape index (κ2) is 9.40. The van der Waals surface area contributed by atoms with E-state index in [2.05, 4.69) is 17.6 Å². The molecular formula is C23H28N2O3. The van der Waals surface area contributed by atoms with E-state index < -0.39 is 0 Å². The fourth-order valence-corrected chi connectivity index (χ4v) is 3.36. The Hall–Kier alpha value is -2.82. The Bertz CT molecular complexity index is 820. The molecule has 0 bridgehead atoms. The van der Waals surface area contributed by atoms with E-state index in [-0.39, 0.29) is 23.8 Å². The first kappa shape index (κ1) is 19.9. The Morgan fingerprint density at radius 3 is 2.71 bits per heavy atom. The van der Waals surface area contributed by atoms with Crippen molar-refractivity contribution in [2.75, 3.05) is 11.9 Å². The van der Waals surface area contributed by atoms with Gasteiger partial charge < -0.3 is 15.4 Å². The van der Waals surface area contributed by atoms with Crippen LogP contribution in [0, 0.1) is 5.92 Å². The van der Waals surface area contributed by atoms with E-state index in [1.54, 1.807) is 0 Å². The maximum absolute atomic E-state index is 12.7. The third kappa shape index (κ3) is 5.12. The average molecular weight is 380 g/mol. The van der Waals surface area contributed by atoms with Gasteiger partial charge in [0.15, 0.2) is 0 Å². The average Bonchev–Trinajstić information content (AvgIpc) is 2.72. The summed E-state index contributed by atoms with van der Waals surface area (Å²) < 4.78 is 5.80. The number of hydrogen-bond acceptors (Lipinski definition) is 3. The van der Waals surface area contributed by atoms with E-state index in [1.807, 2.05) is 55.5 Å². The van der Waals surface area contributed by atoms with Crippen molar-refractivity contribution in [1.29, 1.82) is 0 Å². The molecule has 2 aromatic carbocycles. The predicted molar refractivity (Wildman–Crippen MR) is 110 cm³/mol. The van der Waals surface area contributed by atoms with E-state index in [9.17, 15) is 9.59 Å². The van der Waals surface area contributed by atoms with Crippen molar-refractivity contribution in [1.82, 2.24) is 5.32 Å². The molecule has 0 aliphatic carbocycles. The number of ether oxygens (including phenoxy) is 1. The molecule has 0 saturated carbocycles. The first-order chi connectivity index (χ1) is 13.6. The number of hydrogen-bond donors (Lipinski definition) is 2. The zero-order valence-corrected chi connectivity index (χ0v) is 16.5. The molecule has 2 amide bonds. The molecule has 0 saturated heterocycles. The van der Waals surface area contributed by atoms with Crippen LogP contribution in [0.1, 0.15) is 50.3 Å². The Labute approximate surface area is 166 Å². The summed E-state index contributed by atoms with van der Waals surface area (Å²) in [6.45, 7) is 4.41. The number of fused-ring (bicyclic) bond motifs is 1. The number of unbranched alkanes of at least 4 members (excludes halogenated alkanes) is 1. The molecule has 0 unspecified atom stereocenters. The van der Waals surface area contributed by atoms with Crippen molar-refractivity contribution < 1.29 is 14.3 Å². The lowest BCUT2D eigenvalue weighted by molar-refractivity contribution is -0.127. The van der Waals surface area contributed by atoms with Gasteiger partial charge in [0.25, 0.3) is 0 Å². The Kier molecular flexibility index (Phi) is 6.69. The standard InChI is InChI=1S/C23H28N2O3/c1-3-4-10-22(26)25-20-11-12-21-18(14-20)13-19(15-28-21)23(27)24-16(2)17-8-6-5-7-9-17/h5-9,11-12,14,16,19H,3-4,10,13,15H2,1-2H3,(H,24,27)(H,25,26)/t16-,19-/m1/s1. The van der Waals surface area contributed by atoms with Crippen LogP contribution in [0.5, 0.6) is 5.75 Å². The molecule has 2 aromatic rings. The van der Waals surface area contributed by atoms with Gasteiger partial charge in [0.1, 0.15) is 12.4 Å². The highest BCUT2D eigenvalue weighted by molar-refractivity contribution is 5.91. The van der Waals surface area contributed by atoms with Gasteiger partial charge in [-0.15, -0.1) is 0 Å². The Morgan fingerprint density at radius 1 is 1.18 bits per heavy atom. The van der Waals surface area contributed by atoms with Crippen LogP contribution in [-0.2, 0) is 16.0 Å². The first-order valence-corrected chi connectivity index (χ1v) is 9.97. The minimum absolute atomic E-state index is 0.0145. The highest BCUT2D eigenvalue weighted by atomic mass is 16.5. The van der Waals surface area contributed by atoms with Crippen molar-refractivity contribution in [3.05, 3.63) is 59.7 Å². The minimum Gasteiger partial charge on any atom is -0.492 e. The summed E-state index contributed by atoms with van der Waals surface area (Å²) in [5.41, 5.74) is 2.78. The fraction of sp³-hybridized carbons (Fsp3) is 0.391. The lowest BCUT2D eigenvalue weighted by Crippen LogP contribution is -2.38. The van der Waals surface area contributed by atoms with Crippen molar-refractivity contribution in [2.45, 2.75) is 45.6 Å². The summed E-state index contributed by atoms with van der Waals surface area (Å²) in [7, 11) is 0. The van der Waals surface area contributed by atoms with Crippen molar-refractivity contribution in [3.63, 3.8) is 0 Å². The summed E-state index contributed by atoms with van der Waals surface area (Å²) in [5.74, 6) is 0.542. The van der Waals surface area contributed by atoms with Crippen LogP contribution in [0.15, 0.2) is 48.5 Å². The van der Waals surface area contributed by atoms with E-state index in [4.69, 9.17) is 4.74 Å². The molecule has 0 spiro atoms. The second-order valence-electron chi connectivity index (χ2n) is 7.33. The van der Waals surface area contributed by atoms with Gasteiger partial charge in [-0.05, 0) is 49.1 Å². The highest BCUT2D eigenvalue weighted by Gasteiger charge is 2.27. The van der Waals surface area contributed by atoms with Gasteiger partial charge in [-0.25, -0.2) is 0 Å². The van der Waals surface area contributed by atoms with Crippen LogP contribution in [0.3, 0.4) is 0 Å². The van der Waals surface area contributed by atoms with Crippen LogP contribution in [0.25, 0.3) is 0 Å². The zero-order chi connectivity index (χ0) is 19.9. The van der Waals surface area contributed by atoms with E-state index in [1.165, 1.54) is 0 Å². The quantitative estimate of drug-likeness (QED) is 0.755. The molecule has 3 rings (SSSR count). The van der Waals surface area contributed by atoms with E-state index in [0.717, 1.165) is 35.4 Å². The molecule has 0 radical (unpaired) electrons. The van der Waals surface area contributed by atoms with Crippen LogP contribution in [-0.4, -0.2) is 18.4 Å². The monoisotopic (exact) mass is 380 g/mol. The smallest absolute Gasteiger partial charge is 0.227 e. The van der Waals surface area contributed by atoms with Crippen LogP contribution >= 0.6 is 0 Å². The van der Waals surface area contributed by atoms with Gasteiger partial charge in [-0.2, -0.15) is 0 Å². The second-order valence-corrected chi connectivity index (χ2v) is 7.33. The highest BCUT2D eigenvalue weighted by Crippen LogP contribution is 2.30. The third-order valence-electron chi connectivity index (χ3n) is 5.04. The minimum atomic E-state index is -0.246. The van der Waals surface area contributed by atoms with Gasteiger partial charge in [0.05, 0.1) is 12.0 Å². The summed E-state index contributed by atoms with van der Waals surface area (Å²) >= 11 is 0. The number of benzene rings is 2. The van der Waals surface area contributed by atoms with E-state index in [0.29, 0.717) is 19.4 Å². The summed E-state index contributed by atoms with van der Waals surface area (Å²) in [4.78, 5) is 24.7. The molecule has 0 fully saturated rings. The molecule has 1 heterocycles. The third-order valence-corrected chi connectivity index (χ3v) is 5.04. The summed E-state index contributed by atoms with van der Waals surface area (Å²) in [6.07, 6.45) is 2.99. The first-order valence-electron chi connectivity index (χ1n) is 9.97. The SMILES string of the molecule is CCCCC(=O)Nc1ccc2c(c1)C[C@@H](C(=O)N[C@H](C)c1ccccc1)CO2. The molecule has 5 nitrogen and oxygen atoms in total. The molecule has 0 aromatic heterocycles. The molecule has 1 aliphatic heterocycles. The molecule has 28 heavy (non-hydrogen) atoms. The number of carbonyl (C=O) groups is 2. The lowest BCUT2D eigenvalue weighted by Gasteiger charge is -2.26. The Balaban J connectivity index is 1.61. The number of carbonyl (C=O) groups excluding carboxylic acids is 2. The van der Waals surface area contributed by atoms with Gasteiger partial charge in [-0.1, -0.05) is 43.7 Å². The summed E-state index contributed by atoms with van der Waals surface area (Å²) in [5, 5.41) is 6.01. The lowest BCUT2D eigenvalue weighted by atomic mass is 9.95. The number of rotatable bonds is 7. The van der Waals surface area contributed by atoms with Gasteiger partial charge in [-0.3, -0.25) is 9.59 Å². The largest absolute Gasteiger partial charge is 0.492 e. The number of amides is 2. The normalized spacial score (nSPS) is 16.4. The molecule has 2 atom stereocenters. The number of anilines is 1. The zero-order valence-electron chi connectivity index (χ0n) is 16.5. The molecular weight excluding hydrogens is 352 g/mol. The van der Waals surface area contributed by atoms with Gasteiger partial charge in [0.2, 0.25) is 11.8 Å². The van der Waals surface area contributed by atoms with Crippen LogP contribution in [0.2, 0.25) is 0 Å².